The lowest BCUT2D eigenvalue weighted by Crippen LogP contribution is -2.48. The van der Waals surface area contributed by atoms with E-state index in [1.807, 2.05) is 0 Å². The van der Waals surface area contributed by atoms with Gasteiger partial charge in [0.1, 0.15) is 5.70 Å². The van der Waals surface area contributed by atoms with Gasteiger partial charge in [0.15, 0.2) is 0 Å². The molecule has 1 saturated heterocycles. The molecule has 0 spiro atoms. The maximum Gasteiger partial charge on any atom is 0.353 e. The molecule has 1 atom stereocenters. The normalized spacial score (nSPS) is 21.8. The van der Waals surface area contributed by atoms with E-state index in [9.17, 15) is 14.4 Å². The molecule has 1 N–H and O–H groups in total. The summed E-state index contributed by atoms with van der Waals surface area (Å²) < 4.78 is 0. The molecule has 6 nitrogen and oxygen atoms in total. The lowest BCUT2D eigenvalue weighted by molar-refractivity contribution is -0.145. The van der Waals surface area contributed by atoms with E-state index >= 15 is 0 Å². The Morgan fingerprint density at radius 3 is 2.72 bits per heavy atom. The number of rotatable bonds is 4. The number of aliphatic carboxylic acids is 1. The second-order valence-electron chi connectivity index (χ2n) is 4.31. The van der Waals surface area contributed by atoms with Gasteiger partial charge in [0.25, 0.3) is 0 Å². The highest BCUT2D eigenvalue weighted by molar-refractivity contribution is 8.04. The van der Waals surface area contributed by atoms with E-state index in [2.05, 4.69) is 0 Å². The molecular formula is C11H14N2O4S. The molecular weight excluding hydrogens is 256 g/mol. The molecule has 98 valence electrons. The molecule has 2 amide bonds. The molecule has 1 fully saturated rings. The van der Waals surface area contributed by atoms with Crippen LogP contribution < -0.4 is 0 Å². The van der Waals surface area contributed by atoms with Gasteiger partial charge in [-0.05, 0) is 6.42 Å². The maximum atomic E-state index is 11.4. The zero-order valence-electron chi connectivity index (χ0n) is 10.2. The summed E-state index contributed by atoms with van der Waals surface area (Å²) >= 11 is 1.42. The number of thioether (sulfide) groups is 1. The summed E-state index contributed by atoms with van der Waals surface area (Å²) in [5, 5.41) is 9.10. The van der Waals surface area contributed by atoms with Crippen molar-refractivity contribution in [2.75, 3.05) is 13.6 Å². The predicted octanol–water partition coefficient (Wildman–Crippen LogP) is 0.456. The van der Waals surface area contributed by atoms with E-state index in [0.717, 1.165) is 0 Å². The highest BCUT2D eigenvalue weighted by atomic mass is 32.2. The molecule has 0 aliphatic carbocycles. The molecule has 7 heteroatoms. The van der Waals surface area contributed by atoms with Crippen LogP contribution in [-0.2, 0) is 14.4 Å². The van der Waals surface area contributed by atoms with Crippen LogP contribution in [-0.4, -0.2) is 51.7 Å². The standard InChI is InChI=1S/C11H14N2O4S/c1-6(14)12(2)4-3-7-10(11(16)17)13-8(15)5-9(13)18-7/h9H,3-5H2,1-2H3,(H,16,17)/t9-/m0/s1. The summed E-state index contributed by atoms with van der Waals surface area (Å²) in [5.41, 5.74) is 0.0956. The van der Waals surface area contributed by atoms with E-state index < -0.39 is 5.97 Å². The van der Waals surface area contributed by atoms with Crippen LogP contribution in [0.25, 0.3) is 0 Å². The van der Waals surface area contributed by atoms with Crippen molar-refractivity contribution in [3.05, 3.63) is 10.6 Å². The fraction of sp³-hybridized carbons (Fsp3) is 0.545. The molecule has 18 heavy (non-hydrogen) atoms. The molecule has 2 heterocycles. The Bertz CT molecular complexity index is 460. The minimum absolute atomic E-state index is 0.0544. The molecule has 0 saturated carbocycles. The number of amides is 2. The van der Waals surface area contributed by atoms with Crippen molar-refractivity contribution >= 4 is 29.5 Å². The van der Waals surface area contributed by atoms with Crippen molar-refractivity contribution in [3.8, 4) is 0 Å². The number of hydrogen-bond donors (Lipinski definition) is 1. The first-order valence-electron chi connectivity index (χ1n) is 5.58. The Morgan fingerprint density at radius 2 is 2.22 bits per heavy atom. The van der Waals surface area contributed by atoms with Crippen LogP contribution in [0.3, 0.4) is 0 Å². The number of carboxylic acids is 1. The van der Waals surface area contributed by atoms with Gasteiger partial charge < -0.3 is 10.0 Å². The molecule has 0 radical (unpaired) electrons. The largest absolute Gasteiger partial charge is 0.477 e. The smallest absolute Gasteiger partial charge is 0.353 e. The molecule has 0 bridgehead atoms. The van der Waals surface area contributed by atoms with Crippen LogP contribution >= 0.6 is 11.8 Å². The average Bonchev–Trinajstić information content (AvgIpc) is 2.58. The molecule has 2 aliphatic rings. The fourth-order valence-corrected chi connectivity index (χ4v) is 3.32. The second-order valence-corrected chi connectivity index (χ2v) is 5.58. The number of fused-ring (bicyclic) bond motifs is 1. The molecule has 0 unspecified atom stereocenters. The highest BCUT2D eigenvalue weighted by Gasteiger charge is 2.48. The van der Waals surface area contributed by atoms with Gasteiger partial charge in [-0.25, -0.2) is 4.79 Å². The maximum absolute atomic E-state index is 11.4. The van der Waals surface area contributed by atoms with E-state index in [1.54, 1.807) is 7.05 Å². The van der Waals surface area contributed by atoms with Crippen LogP contribution in [0.1, 0.15) is 19.8 Å². The van der Waals surface area contributed by atoms with E-state index in [-0.39, 0.29) is 22.9 Å². The van der Waals surface area contributed by atoms with E-state index in [0.29, 0.717) is 24.3 Å². The summed E-state index contributed by atoms with van der Waals surface area (Å²) in [6, 6.07) is 0. The van der Waals surface area contributed by atoms with Crippen LogP contribution in [0, 0.1) is 0 Å². The van der Waals surface area contributed by atoms with E-state index in [1.165, 1.54) is 28.5 Å². The number of carboxylic acid groups (broad SMARTS) is 1. The molecule has 0 aromatic heterocycles. The zero-order chi connectivity index (χ0) is 13.4. The van der Waals surface area contributed by atoms with Gasteiger partial charge >= 0.3 is 5.97 Å². The number of β-lactam (4-membered cyclic amide) rings is 1. The summed E-state index contributed by atoms with van der Waals surface area (Å²) in [5.74, 6) is -1.27. The molecule has 0 aromatic carbocycles. The SMILES string of the molecule is CC(=O)N(C)CCC1=C(C(=O)O)N2C(=O)C[C@@H]2S1. The lowest BCUT2D eigenvalue weighted by atomic mass is 10.1. The summed E-state index contributed by atoms with van der Waals surface area (Å²) in [4.78, 5) is 37.2. The van der Waals surface area contributed by atoms with Crippen molar-refractivity contribution in [2.24, 2.45) is 0 Å². The van der Waals surface area contributed by atoms with Gasteiger partial charge in [0, 0.05) is 25.4 Å². The van der Waals surface area contributed by atoms with Crippen LogP contribution in [0.2, 0.25) is 0 Å². The van der Waals surface area contributed by atoms with Gasteiger partial charge in [-0.15, -0.1) is 11.8 Å². The Labute approximate surface area is 109 Å². The van der Waals surface area contributed by atoms with Gasteiger partial charge in [-0.1, -0.05) is 0 Å². The van der Waals surface area contributed by atoms with Gasteiger partial charge in [0.05, 0.1) is 11.8 Å². The highest BCUT2D eigenvalue weighted by Crippen LogP contribution is 2.47. The average molecular weight is 270 g/mol. The van der Waals surface area contributed by atoms with Crippen molar-refractivity contribution in [2.45, 2.75) is 25.1 Å². The quantitative estimate of drug-likeness (QED) is 0.751. The van der Waals surface area contributed by atoms with Crippen molar-refractivity contribution in [1.29, 1.82) is 0 Å². The molecule has 0 aromatic rings. The van der Waals surface area contributed by atoms with Gasteiger partial charge in [-0.3, -0.25) is 14.5 Å². The predicted molar refractivity (Wildman–Crippen MR) is 65.4 cm³/mol. The Kier molecular flexibility index (Phi) is 3.34. The van der Waals surface area contributed by atoms with Crippen LogP contribution in [0.5, 0.6) is 0 Å². The second kappa shape index (κ2) is 4.64. The van der Waals surface area contributed by atoms with Gasteiger partial charge in [-0.2, -0.15) is 0 Å². The number of nitrogens with zero attached hydrogens (tertiary/aromatic N) is 2. The topological polar surface area (TPSA) is 77.9 Å². The van der Waals surface area contributed by atoms with Crippen molar-refractivity contribution < 1.29 is 19.5 Å². The number of hydrogen-bond acceptors (Lipinski definition) is 4. The van der Waals surface area contributed by atoms with E-state index in [4.69, 9.17) is 5.11 Å². The first-order valence-corrected chi connectivity index (χ1v) is 6.46. The monoisotopic (exact) mass is 270 g/mol. The minimum atomic E-state index is -1.07. The third kappa shape index (κ3) is 2.10. The first-order chi connectivity index (χ1) is 8.41. The zero-order valence-corrected chi connectivity index (χ0v) is 11.0. The third-order valence-electron chi connectivity index (χ3n) is 3.10. The number of carbonyl (C=O) groups excluding carboxylic acids is 2. The summed E-state index contributed by atoms with van der Waals surface area (Å²) in [6.07, 6.45) is 0.871. The Morgan fingerprint density at radius 1 is 1.56 bits per heavy atom. The van der Waals surface area contributed by atoms with Gasteiger partial charge in [0.2, 0.25) is 11.8 Å². The van der Waals surface area contributed by atoms with Crippen LogP contribution in [0.15, 0.2) is 10.6 Å². The summed E-state index contributed by atoms with van der Waals surface area (Å²) in [6.45, 7) is 1.92. The molecule has 2 rings (SSSR count). The van der Waals surface area contributed by atoms with Crippen molar-refractivity contribution in [3.63, 3.8) is 0 Å². The Balaban J connectivity index is 2.09. The number of carbonyl (C=O) groups is 3. The molecule has 2 aliphatic heterocycles. The van der Waals surface area contributed by atoms with Crippen LogP contribution in [0.4, 0.5) is 0 Å². The first kappa shape index (κ1) is 12.9. The Hall–Kier alpha value is -1.50. The fourth-order valence-electron chi connectivity index (χ4n) is 1.93. The lowest BCUT2D eigenvalue weighted by Gasteiger charge is -2.33. The minimum Gasteiger partial charge on any atom is -0.477 e. The van der Waals surface area contributed by atoms with Crippen molar-refractivity contribution in [1.82, 2.24) is 9.80 Å². The third-order valence-corrected chi connectivity index (χ3v) is 4.44. The summed E-state index contributed by atoms with van der Waals surface area (Å²) in [7, 11) is 1.67.